The minimum Gasteiger partial charge on any atom is -0.392 e. The Bertz CT molecular complexity index is 1580. The maximum atomic E-state index is 9.56. The van der Waals surface area contributed by atoms with Gasteiger partial charge in [-0.3, -0.25) is 0 Å². The molecule has 0 fully saturated rings. The van der Waals surface area contributed by atoms with Crippen LogP contribution in [0.4, 0.5) is 34.1 Å². The fourth-order valence-electron chi connectivity index (χ4n) is 4.38. The zero-order chi connectivity index (χ0) is 23.6. The maximum absolute atomic E-state index is 9.56. The normalized spacial score (nSPS) is 15.1. The Morgan fingerprint density at radius 2 is 1.09 bits per heavy atom. The summed E-state index contributed by atoms with van der Waals surface area (Å²) in [6.45, 7) is -0.00866. The summed E-state index contributed by atoms with van der Waals surface area (Å²) >= 11 is 0. The third kappa shape index (κ3) is 3.98. The molecule has 170 valence electrons. The van der Waals surface area contributed by atoms with Gasteiger partial charge in [0.25, 0.3) is 0 Å². The topological polar surface area (TPSA) is 93.7 Å². The first-order valence-corrected chi connectivity index (χ1v) is 11.4. The average molecular weight is 459 g/mol. The zero-order valence-corrected chi connectivity index (χ0v) is 18.8. The number of rotatable bonds is 5. The second kappa shape index (κ2) is 8.96. The first-order valence-electron chi connectivity index (χ1n) is 11.4. The first kappa shape index (κ1) is 20.9. The van der Waals surface area contributed by atoms with E-state index in [0.29, 0.717) is 0 Å². The molecule has 7 nitrogen and oxygen atoms in total. The lowest BCUT2D eigenvalue weighted by Crippen LogP contribution is -2.34. The Labute approximate surface area is 201 Å². The van der Waals surface area contributed by atoms with Crippen LogP contribution in [0.2, 0.25) is 0 Å². The number of anilines is 2. The van der Waals surface area contributed by atoms with Gasteiger partial charge in [-0.25, -0.2) is 0 Å². The van der Waals surface area contributed by atoms with Crippen LogP contribution in [-0.2, 0) is 0 Å². The molecule has 0 spiro atoms. The molecule has 0 aromatic heterocycles. The van der Waals surface area contributed by atoms with E-state index in [1.165, 1.54) is 0 Å². The number of aliphatic hydroxyl groups is 1. The van der Waals surface area contributed by atoms with Gasteiger partial charge < -0.3 is 15.7 Å². The summed E-state index contributed by atoms with van der Waals surface area (Å²) in [5, 5.41) is 38.2. The molecule has 3 N–H and O–H groups in total. The molecule has 0 saturated carbocycles. The zero-order valence-electron chi connectivity index (χ0n) is 18.8. The van der Waals surface area contributed by atoms with Crippen LogP contribution in [0, 0.1) is 0 Å². The van der Waals surface area contributed by atoms with Crippen LogP contribution in [0.5, 0.6) is 0 Å². The van der Waals surface area contributed by atoms with Crippen molar-refractivity contribution in [2.24, 2.45) is 20.5 Å². The fourth-order valence-corrected chi connectivity index (χ4v) is 4.38. The second-order valence-corrected chi connectivity index (χ2v) is 8.27. The van der Waals surface area contributed by atoms with Gasteiger partial charge in [-0.1, -0.05) is 54.6 Å². The van der Waals surface area contributed by atoms with Crippen molar-refractivity contribution in [3.05, 3.63) is 97.1 Å². The van der Waals surface area contributed by atoms with Crippen LogP contribution in [0.25, 0.3) is 21.5 Å². The van der Waals surface area contributed by atoms with E-state index in [0.717, 1.165) is 55.7 Å². The van der Waals surface area contributed by atoms with E-state index in [4.69, 9.17) is 0 Å². The summed E-state index contributed by atoms with van der Waals surface area (Å²) < 4.78 is 0. The number of fused-ring (bicyclic) bond motifs is 1. The third-order valence-electron chi connectivity index (χ3n) is 6.03. The van der Waals surface area contributed by atoms with E-state index < -0.39 is 0 Å². The molecule has 5 aromatic rings. The van der Waals surface area contributed by atoms with Crippen molar-refractivity contribution in [1.29, 1.82) is 0 Å². The number of hydrogen-bond acceptors (Lipinski definition) is 7. The predicted octanol–water partition coefficient (Wildman–Crippen LogP) is 7.98. The number of benzene rings is 5. The minimum absolute atomic E-state index is 0.00866. The Morgan fingerprint density at radius 3 is 1.77 bits per heavy atom. The second-order valence-electron chi connectivity index (χ2n) is 8.27. The van der Waals surface area contributed by atoms with Crippen LogP contribution in [-0.4, -0.2) is 17.9 Å². The number of nitrogens with zero attached hydrogens (tertiary/aromatic N) is 4. The highest BCUT2D eigenvalue weighted by atomic mass is 16.3. The van der Waals surface area contributed by atoms with Gasteiger partial charge in [0.2, 0.25) is 0 Å². The van der Waals surface area contributed by atoms with Crippen LogP contribution in [0.1, 0.15) is 0 Å². The standard InChI is InChI=1S/C28H22N6O/c35-17-27-29-25-12-6-11-21-24(15-16-26(30-27)28(21)25)34-33-23-14-13-22(19-9-4-5-10-20(19)23)32-31-18-7-2-1-3-8-18/h1-16,27,29-30,35H,17H2/b32-31+,34-33+. The molecule has 1 unspecified atom stereocenters. The number of nitrogens with one attached hydrogen (secondary N) is 2. The van der Waals surface area contributed by atoms with Gasteiger partial charge in [0.15, 0.2) is 0 Å². The van der Waals surface area contributed by atoms with Gasteiger partial charge in [-0.2, -0.15) is 5.11 Å². The molecule has 0 bridgehead atoms. The minimum atomic E-state index is -0.218. The van der Waals surface area contributed by atoms with Crippen molar-refractivity contribution in [2.45, 2.75) is 6.17 Å². The summed E-state index contributed by atoms with van der Waals surface area (Å²) in [7, 11) is 0. The molecule has 35 heavy (non-hydrogen) atoms. The summed E-state index contributed by atoms with van der Waals surface area (Å²) in [5.74, 6) is 0. The largest absolute Gasteiger partial charge is 0.392 e. The predicted molar refractivity (Wildman–Crippen MR) is 141 cm³/mol. The molecular formula is C28H22N6O. The van der Waals surface area contributed by atoms with Crippen LogP contribution in [0.15, 0.2) is 118 Å². The number of hydrogen-bond donors (Lipinski definition) is 3. The molecule has 0 saturated heterocycles. The van der Waals surface area contributed by atoms with E-state index in [-0.39, 0.29) is 12.8 Å². The summed E-state index contributed by atoms with van der Waals surface area (Å²) in [5.41, 5.74) is 5.04. The molecule has 1 aliphatic rings. The monoisotopic (exact) mass is 458 g/mol. The van der Waals surface area contributed by atoms with Crippen molar-refractivity contribution in [3.63, 3.8) is 0 Å². The third-order valence-corrected chi connectivity index (χ3v) is 6.03. The molecule has 1 atom stereocenters. The van der Waals surface area contributed by atoms with Crippen LogP contribution in [0.3, 0.4) is 0 Å². The Kier molecular flexibility index (Phi) is 5.37. The summed E-state index contributed by atoms with van der Waals surface area (Å²) in [4.78, 5) is 0. The molecule has 5 aromatic carbocycles. The highest BCUT2D eigenvalue weighted by Gasteiger charge is 2.19. The fraction of sp³-hybridized carbons (Fsp3) is 0.0714. The first-order chi connectivity index (χ1) is 17.3. The van der Waals surface area contributed by atoms with Gasteiger partial charge in [0.05, 0.1) is 29.4 Å². The molecule has 0 aliphatic carbocycles. The summed E-state index contributed by atoms with van der Waals surface area (Å²) in [6, 6.07) is 31.5. The number of azo groups is 2. The SMILES string of the molecule is OCC1Nc2cccc3c(/N=N/c4ccc(/N=N/c5ccccc5)c5ccccc45)ccc(c23)N1. The quantitative estimate of drug-likeness (QED) is 0.233. The van der Waals surface area contributed by atoms with E-state index in [2.05, 4.69) is 31.1 Å². The average Bonchev–Trinajstić information content (AvgIpc) is 2.92. The molecule has 7 heteroatoms. The molecule has 1 aliphatic heterocycles. The van der Waals surface area contributed by atoms with E-state index in [1.54, 1.807) is 0 Å². The van der Waals surface area contributed by atoms with Crippen molar-refractivity contribution in [3.8, 4) is 0 Å². The van der Waals surface area contributed by atoms with E-state index >= 15 is 0 Å². The van der Waals surface area contributed by atoms with Crippen LogP contribution < -0.4 is 10.6 Å². The maximum Gasteiger partial charge on any atom is 0.120 e. The molecule has 0 radical (unpaired) electrons. The number of aliphatic hydroxyl groups excluding tert-OH is 1. The van der Waals surface area contributed by atoms with E-state index in [9.17, 15) is 5.11 Å². The van der Waals surface area contributed by atoms with E-state index in [1.807, 2.05) is 97.1 Å². The van der Waals surface area contributed by atoms with Gasteiger partial charge in [0.1, 0.15) is 6.17 Å². The van der Waals surface area contributed by atoms with Crippen molar-refractivity contribution in [1.82, 2.24) is 0 Å². The Hall–Kier alpha value is -4.62. The Balaban J connectivity index is 1.38. The molecule has 1 heterocycles. The van der Waals surface area contributed by atoms with Gasteiger partial charge in [-0.05, 0) is 42.5 Å². The highest BCUT2D eigenvalue weighted by molar-refractivity contribution is 6.09. The lowest BCUT2D eigenvalue weighted by Gasteiger charge is -2.28. The lowest BCUT2D eigenvalue weighted by molar-refractivity contribution is 0.284. The van der Waals surface area contributed by atoms with Crippen molar-refractivity contribution in [2.75, 3.05) is 17.2 Å². The summed E-state index contributed by atoms with van der Waals surface area (Å²) in [6.07, 6.45) is -0.218. The van der Waals surface area contributed by atoms with Crippen molar-refractivity contribution >= 4 is 55.7 Å². The lowest BCUT2D eigenvalue weighted by atomic mass is 10.0. The molecule has 0 amide bonds. The Morgan fingerprint density at radius 1 is 0.543 bits per heavy atom. The highest BCUT2D eigenvalue weighted by Crippen LogP contribution is 2.41. The van der Waals surface area contributed by atoms with Crippen molar-refractivity contribution < 1.29 is 5.11 Å². The molecular weight excluding hydrogens is 436 g/mol. The van der Waals surface area contributed by atoms with Gasteiger partial charge >= 0.3 is 0 Å². The van der Waals surface area contributed by atoms with Gasteiger partial charge in [0, 0.05) is 32.9 Å². The smallest absolute Gasteiger partial charge is 0.120 e. The van der Waals surface area contributed by atoms with Gasteiger partial charge in [-0.15, -0.1) is 15.3 Å². The van der Waals surface area contributed by atoms with Crippen LogP contribution >= 0.6 is 0 Å². The molecule has 6 rings (SSSR count).